The molecular formula is C14H25N2+. The zero-order valence-corrected chi connectivity index (χ0v) is 11.3. The van der Waals surface area contributed by atoms with Gasteiger partial charge in [-0.05, 0) is 31.5 Å². The molecule has 0 heterocycles. The van der Waals surface area contributed by atoms with E-state index < -0.39 is 0 Å². The second-order valence-corrected chi connectivity index (χ2v) is 5.43. The molecule has 0 atom stereocenters. The quantitative estimate of drug-likeness (QED) is 0.691. The van der Waals surface area contributed by atoms with Crippen molar-refractivity contribution in [3.63, 3.8) is 0 Å². The number of quaternary nitrogens is 1. The van der Waals surface area contributed by atoms with Crippen molar-refractivity contribution in [1.29, 1.82) is 0 Å². The molecule has 0 N–H and O–H groups in total. The Hall–Kier alpha value is -1.02. The van der Waals surface area contributed by atoms with Gasteiger partial charge in [0.25, 0.3) is 0 Å². The lowest BCUT2D eigenvalue weighted by Gasteiger charge is -2.29. The minimum Gasteiger partial charge on any atom is -0.366 e. The zero-order valence-electron chi connectivity index (χ0n) is 11.3. The summed E-state index contributed by atoms with van der Waals surface area (Å²) < 4.78 is 1.02. The maximum Gasteiger partial charge on any atom is 0.0958 e. The number of rotatable bonds is 5. The van der Waals surface area contributed by atoms with E-state index in [4.69, 9.17) is 0 Å². The Bertz CT molecular complexity index is 326. The standard InChI is InChI=1S/C14H25N2/c1-6-15(10-11-16(3,4)5)14-9-7-8-13(2)12-14/h7-9,12H,6,10-11H2,1-5H3/q+1. The number of benzene rings is 1. The average Bonchev–Trinajstić information content (AvgIpc) is 2.17. The fourth-order valence-corrected chi connectivity index (χ4v) is 1.72. The van der Waals surface area contributed by atoms with Gasteiger partial charge in [-0.25, -0.2) is 0 Å². The summed E-state index contributed by atoms with van der Waals surface area (Å²) in [6.07, 6.45) is 0. The van der Waals surface area contributed by atoms with E-state index in [2.05, 4.69) is 64.2 Å². The normalized spacial score (nSPS) is 11.6. The van der Waals surface area contributed by atoms with E-state index in [9.17, 15) is 0 Å². The van der Waals surface area contributed by atoms with Crippen molar-refractivity contribution in [2.24, 2.45) is 0 Å². The van der Waals surface area contributed by atoms with Crippen LogP contribution in [0.3, 0.4) is 0 Å². The summed E-state index contributed by atoms with van der Waals surface area (Å²) in [5, 5.41) is 0. The molecule has 2 heteroatoms. The van der Waals surface area contributed by atoms with Crippen LogP contribution in [0.2, 0.25) is 0 Å². The lowest BCUT2D eigenvalue weighted by molar-refractivity contribution is -0.868. The van der Waals surface area contributed by atoms with E-state index in [1.54, 1.807) is 0 Å². The third-order valence-corrected chi connectivity index (χ3v) is 2.79. The maximum absolute atomic E-state index is 2.44. The molecule has 0 unspecified atom stereocenters. The van der Waals surface area contributed by atoms with Crippen molar-refractivity contribution in [3.05, 3.63) is 29.8 Å². The first-order valence-corrected chi connectivity index (χ1v) is 6.04. The lowest BCUT2D eigenvalue weighted by atomic mass is 10.2. The minimum atomic E-state index is 1.02. The van der Waals surface area contributed by atoms with E-state index in [1.165, 1.54) is 17.8 Å². The maximum atomic E-state index is 2.44. The first-order chi connectivity index (χ1) is 7.42. The predicted molar refractivity (Wildman–Crippen MR) is 72.0 cm³/mol. The Morgan fingerprint density at radius 3 is 2.38 bits per heavy atom. The summed E-state index contributed by atoms with van der Waals surface area (Å²) in [6, 6.07) is 8.75. The molecule has 0 aliphatic carbocycles. The molecule has 0 fully saturated rings. The number of likely N-dealkylation sites (N-methyl/N-ethyl adjacent to an activating group) is 2. The Morgan fingerprint density at radius 2 is 1.88 bits per heavy atom. The molecule has 0 spiro atoms. The molecule has 0 bridgehead atoms. The van der Waals surface area contributed by atoms with Gasteiger partial charge in [0.2, 0.25) is 0 Å². The molecule has 0 aromatic heterocycles. The number of aryl methyl sites for hydroxylation is 1. The summed E-state index contributed by atoms with van der Waals surface area (Å²) in [5.41, 5.74) is 2.68. The number of nitrogens with zero attached hydrogens (tertiary/aromatic N) is 2. The molecule has 0 aliphatic rings. The van der Waals surface area contributed by atoms with Gasteiger partial charge in [0.1, 0.15) is 0 Å². The predicted octanol–water partition coefficient (Wildman–Crippen LogP) is 2.53. The molecule has 16 heavy (non-hydrogen) atoms. The van der Waals surface area contributed by atoms with E-state index in [0.717, 1.165) is 17.6 Å². The monoisotopic (exact) mass is 221 g/mol. The largest absolute Gasteiger partial charge is 0.366 e. The van der Waals surface area contributed by atoms with Gasteiger partial charge in [0.15, 0.2) is 0 Å². The summed E-state index contributed by atoms with van der Waals surface area (Å²) in [5.74, 6) is 0. The molecule has 0 saturated carbocycles. The van der Waals surface area contributed by atoms with Crippen molar-refractivity contribution in [2.45, 2.75) is 13.8 Å². The number of hydrogen-bond donors (Lipinski definition) is 0. The second-order valence-electron chi connectivity index (χ2n) is 5.43. The topological polar surface area (TPSA) is 3.24 Å². The SMILES string of the molecule is CCN(CC[N+](C)(C)C)c1cccc(C)c1. The lowest BCUT2D eigenvalue weighted by Crippen LogP contribution is -2.42. The number of anilines is 1. The molecule has 2 nitrogen and oxygen atoms in total. The third-order valence-electron chi connectivity index (χ3n) is 2.79. The van der Waals surface area contributed by atoms with Crippen LogP contribution in [0.15, 0.2) is 24.3 Å². The van der Waals surface area contributed by atoms with Gasteiger partial charge in [-0.15, -0.1) is 0 Å². The van der Waals surface area contributed by atoms with Crippen molar-refractivity contribution in [1.82, 2.24) is 0 Å². The van der Waals surface area contributed by atoms with Crippen LogP contribution in [0.1, 0.15) is 12.5 Å². The van der Waals surface area contributed by atoms with E-state index in [-0.39, 0.29) is 0 Å². The highest BCUT2D eigenvalue weighted by Gasteiger charge is 2.11. The Balaban J connectivity index is 2.68. The Labute approximate surface area is 100 Å². The zero-order chi connectivity index (χ0) is 12.2. The van der Waals surface area contributed by atoms with Crippen LogP contribution in [-0.2, 0) is 0 Å². The van der Waals surface area contributed by atoms with Crippen molar-refractivity contribution in [2.75, 3.05) is 45.7 Å². The van der Waals surface area contributed by atoms with Crippen LogP contribution < -0.4 is 4.90 Å². The minimum absolute atomic E-state index is 1.02. The Kier molecular flexibility index (Phi) is 4.36. The highest BCUT2D eigenvalue weighted by molar-refractivity contribution is 5.48. The first kappa shape index (κ1) is 13.0. The van der Waals surface area contributed by atoms with Crippen molar-refractivity contribution >= 4 is 5.69 Å². The third kappa shape index (κ3) is 4.23. The molecule has 0 radical (unpaired) electrons. The highest BCUT2D eigenvalue weighted by atomic mass is 15.3. The Morgan fingerprint density at radius 1 is 1.19 bits per heavy atom. The summed E-state index contributed by atoms with van der Waals surface area (Å²) >= 11 is 0. The molecule has 0 amide bonds. The summed E-state index contributed by atoms with van der Waals surface area (Å²) in [7, 11) is 6.72. The molecular weight excluding hydrogens is 196 g/mol. The molecule has 90 valence electrons. The van der Waals surface area contributed by atoms with Gasteiger partial charge >= 0.3 is 0 Å². The molecule has 0 aliphatic heterocycles. The average molecular weight is 221 g/mol. The smallest absolute Gasteiger partial charge is 0.0958 e. The molecule has 1 rings (SSSR count). The molecule has 1 aromatic carbocycles. The van der Waals surface area contributed by atoms with Gasteiger partial charge in [-0.3, -0.25) is 0 Å². The van der Waals surface area contributed by atoms with Crippen LogP contribution in [0, 0.1) is 6.92 Å². The van der Waals surface area contributed by atoms with Crippen LogP contribution in [-0.4, -0.2) is 45.3 Å². The van der Waals surface area contributed by atoms with Crippen LogP contribution in [0.25, 0.3) is 0 Å². The van der Waals surface area contributed by atoms with Gasteiger partial charge in [0.05, 0.1) is 34.2 Å². The van der Waals surface area contributed by atoms with Gasteiger partial charge in [-0.2, -0.15) is 0 Å². The van der Waals surface area contributed by atoms with Gasteiger partial charge in [0, 0.05) is 12.2 Å². The van der Waals surface area contributed by atoms with E-state index >= 15 is 0 Å². The van der Waals surface area contributed by atoms with Crippen LogP contribution in [0.5, 0.6) is 0 Å². The first-order valence-electron chi connectivity index (χ1n) is 6.04. The second kappa shape index (κ2) is 5.35. The highest BCUT2D eigenvalue weighted by Crippen LogP contribution is 2.15. The van der Waals surface area contributed by atoms with Crippen molar-refractivity contribution < 1.29 is 4.48 Å². The van der Waals surface area contributed by atoms with E-state index in [1.807, 2.05) is 0 Å². The number of hydrogen-bond acceptors (Lipinski definition) is 1. The molecule has 0 saturated heterocycles. The fraction of sp³-hybridized carbons (Fsp3) is 0.571. The van der Waals surface area contributed by atoms with Crippen LogP contribution >= 0.6 is 0 Å². The van der Waals surface area contributed by atoms with Crippen molar-refractivity contribution in [3.8, 4) is 0 Å². The fourth-order valence-electron chi connectivity index (χ4n) is 1.72. The van der Waals surface area contributed by atoms with Crippen LogP contribution in [0.4, 0.5) is 5.69 Å². The van der Waals surface area contributed by atoms with Gasteiger partial charge < -0.3 is 9.38 Å². The summed E-state index contributed by atoms with van der Waals surface area (Å²) in [6.45, 7) is 7.73. The van der Waals surface area contributed by atoms with E-state index in [0.29, 0.717) is 0 Å². The summed E-state index contributed by atoms with van der Waals surface area (Å²) in [4.78, 5) is 2.44. The van der Waals surface area contributed by atoms with Gasteiger partial charge in [-0.1, -0.05) is 12.1 Å². The molecule has 1 aromatic rings.